The van der Waals surface area contributed by atoms with Gasteiger partial charge in [0.05, 0.1) is 0 Å². The van der Waals surface area contributed by atoms with Crippen LogP contribution in [0.5, 0.6) is 0 Å². The van der Waals surface area contributed by atoms with Gasteiger partial charge in [0.1, 0.15) is 0 Å². The van der Waals surface area contributed by atoms with E-state index in [1.165, 1.54) is 31.5 Å². The van der Waals surface area contributed by atoms with Crippen LogP contribution in [0.1, 0.15) is 63.8 Å². The number of nitrogens with zero attached hydrogens (tertiary/aromatic N) is 3. The number of hydrogen-bond acceptors (Lipinski definition) is 4. The molecule has 0 bridgehead atoms. The highest BCUT2D eigenvalue weighted by Crippen LogP contribution is 2.34. The van der Waals surface area contributed by atoms with Gasteiger partial charge in [0, 0.05) is 17.5 Å². The highest BCUT2D eigenvalue weighted by Gasteiger charge is 2.33. The number of halogens is 1. The molecule has 4 rings (SSSR count). The molecule has 2 aliphatic rings. The lowest BCUT2D eigenvalue weighted by atomic mass is 9.87. The number of benzene rings is 1. The lowest BCUT2D eigenvalue weighted by Crippen LogP contribution is -2.34. The van der Waals surface area contributed by atoms with Crippen LogP contribution in [0, 0.1) is 0 Å². The second-order valence-corrected chi connectivity index (χ2v) is 8.33. The van der Waals surface area contributed by atoms with Crippen molar-refractivity contribution in [1.29, 1.82) is 0 Å². The minimum absolute atomic E-state index is 0. The smallest absolute Gasteiger partial charge is 0.257 e. The predicted molar refractivity (Wildman–Crippen MR) is 102 cm³/mol. The minimum atomic E-state index is 0. The van der Waals surface area contributed by atoms with Crippen molar-refractivity contribution >= 4 is 12.4 Å². The summed E-state index contributed by atoms with van der Waals surface area (Å²) in [6, 6.07) is 9.37. The first-order chi connectivity index (χ1) is 11.5. The van der Waals surface area contributed by atoms with Crippen LogP contribution >= 0.6 is 12.4 Å². The molecule has 25 heavy (non-hydrogen) atoms. The van der Waals surface area contributed by atoms with Crippen molar-refractivity contribution < 1.29 is 4.52 Å². The maximum absolute atomic E-state index is 5.54. The Morgan fingerprint density at radius 3 is 2.20 bits per heavy atom. The van der Waals surface area contributed by atoms with Gasteiger partial charge in [0.25, 0.3) is 5.89 Å². The summed E-state index contributed by atoms with van der Waals surface area (Å²) in [6.45, 7) is 9.03. The van der Waals surface area contributed by atoms with Gasteiger partial charge >= 0.3 is 0 Å². The molecule has 0 N–H and O–H groups in total. The van der Waals surface area contributed by atoms with Crippen LogP contribution in [0.4, 0.5) is 0 Å². The van der Waals surface area contributed by atoms with Gasteiger partial charge in [0.15, 0.2) is 5.82 Å². The third-order valence-electron chi connectivity index (χ3n) is 5.40. The molecule has 2 fully saturated rings. The molecule has 136 valence electrons. The summed E-state index contributed by atoms with van der Waals surface area (Å²) < 4.78 is 5.54. The Balaban J connectivity index is 0.00000182. The predicted octanol–water partition coefficient (Wildman–Crippen LogP) is 4.80. The van der Waals surface area contributed by atoms with Crippen molar-refractivity contribution in [1.82, 2.24) is 15.0 Å². The molecule has 1 saturated carbocycles. The summed E-state index contributed by atoms with van der Waals surface area (Å²) in [5.74, 6) is 1.99. The van der Waals surface area contributed by atoms with Crippen molar-refractivity contribution in [3.8, 4) is 11.5 Å². The fourth-order valence-corrected chi connectivity index (χ4v) is 3.59. The zero-order valence-corrected chi connectivity index (χ0v) is 16.2. The molecule has 2 aromatic rings. The number of aromatic nitrogens is 2. The van der Waals surface area contributed by atoms with E-state index in [1.807, 2.05) is 0 Å². The maximum Gasteiger partial charge on any atom is 0.257 e. The second kappa shape index (κ2) is 7.08. The normalized spacial score (nSPS) is 19.6. The van der Waals surface area contributed by atoms with Gasteiger partial charge in [-0.15, -0.1) is 12.4 Å². The third-order valence-corrected chi connectivity index (χ3v) is 5.40. The number of rotatable bonds is 3. The summed E-state index contributed by atoms with van der Waals surface area (Å²) >= 11 is 0. The highest BCUT2D eigenvalue weighted by atomic mass is 35.5. The summed E-state index contributed by atoms with van der Waals surface area (Å²) in [7, 11) is 0. The van der Waals surface area contributed by atoms with Crippen molar-refractivity contribution in [2.45, 2.75) is 63.8 Å². The minimum Gasteiger partial charge on any atom is -0.334 e. The number of piperidine rings is 1. The van der Waals surface area contributed by atoms with Crippen LogP contribution < -0.4 is 0 Å². The SMILES string of the molecule is CC(C)(C)c1ccc(-c2nc(C3CCN(C4CC4)CC3)no2)cc1.Cl. The zero-order valence-electron chi connectivity index (χ0n) is 15.4. The molecule has 0 radical (unpaired) electrons. The van der Waals surface area contributed by atoms with Crippen molar-refractivity contribution in [2.24, 2.45) is 0 Å². The molecule has 1 aliphatic carbocycles. The molecule has 0 atom stereocenters. The molecule has 5 heteroatoms. The van der Waals surface area contributed by atoms with Crippen molar-refractivity contribution in [3.63, 3.8) is 0 Å². The maximum atomic E-state index is 5.54. The van der Waals surface area contributed by atoms with E-state index in [9.17, 15) is 0 Å². The van der Waals surface area contributed by atoms with E-state index in [2.05, 4.69) is 60.1 Å². The molecule has 1 saturated heterocycles. The first-order valence-electron chi connectivity index (χ1n) is 9.19. The van der Waals surface area contributed by atoms with E-state index >= 15 is 0 Å². The fourth-order valence-electron chi connectivity index (χ4n) is 3.59. The van der Waals surface area contributed by atoms with E-state index in [-0.39, 0.29) is 17.8 Å². The first-order valence-corrected chi connectivity index (χ1v) is 9.19. The quantitative estimate of drug-likeness (QED) is 0.787. The Morgan fingerprint density at radius 2 is 1.64 bits per heavy atom. The lowest BCUT2D eigenvalue weighted by molar-refractivity contribution is 0.199. The van der Waals surface area contributed by atoms with Gasteiger partial charge < -0.3 is 9.42 Å². The Labute approximate surface area is 156 Å². The van der Waals surface area contributed by atoms with Gasteiger partial charge in [-0.05, 0) is 61.9 Å². The van der Waals surface area contributed by atoms with E-state index in [4.69, 9.17) is 4.52 Å². The number of likely N-dealkylation sites (tertiary alicyclic amines) is 1. The number of hydrogen-bond donors (Lipinski definition) is 0. The Kier molecular flexibility index (Phi) is 5.21. The lowest BCUT2D eigenvalue weighted by Gasteiger charge is -2.30. The summed E-state index contributed by atoms with van der Waals surface area (Å²) in [6.07, 6.45) is 5.08. The Hall–Kier alpha value is -1.39. The molecule has 0 amide bonds. The summed E-state index contributed by atoms with van der Waals surface area (Å²) in [5.41, 5.74) is 2.49. The van der Waals surface area contributed by atoms with Crippen LogP contribution in [0.15, 0.2) is 28.8 Å². The highest BCUT2D eigenvalue weighted by molar-refractivity contribution is 5.85. The summed E-state index contributed by atoms with van der Waals surface area (Å²) in [4.78, 5) is 7.31. The molecule has 0 spiro atoms. The van der Waals surface area contributed by atoms with E-state index in [0.29, 0.717) is 11.8 Å². The monoisotopic (exact) mass is 361 g/mol. The van der Waals surface area contributed by atoms with Crippen LogP contribution in [0.2, 0.25) is 0 Å². The molecule has 1 aliphatic heterocycles. The van der Waals surface area contributed by atoms with Gasteiger partial charge in [-0.3, -0.25) is 0 Å². The standard InChI is InChI=1S/C20H27N3O.ClH/c1-20(2,3)16-6-4-15(5-7-16)19-21-18(22-24-19)14-10-12-23(13-11-14)17-8-9-17;/h4-7,14,17H,8-13H2,1-3H3;1H. The van der Waals surface area contributed by atoms with Gasteiger partial charge in [0.2, 0.25) is 0 Å². The molecular formula is C20H28ClN3O. The van der Waals surface area contributed by atoms with E-state index < -0.39 is 0 Å². The molecule has 4 nitrogen and oxygen atoms in total. The zero-order chi connectivity index (χ0) is 16.7. The van der Waals surface area contributed by atoms with Gasteiger partial charge in [-0.2, -0.15) is 4.98 Å². The van der Waals surface area contributed by atoms with Crippen LogP contribution in [0.25, 0.3) is 11.5 Å². The summed E-state index contributed by atoms with van der Waals surface area (Å²) in [5, 5.41) is 4.27. The third kappa shape index (κ3) is 4.06. The van der Waals surface area contributed by atoms with E-state index in [0.717, 1.165) is 30.3 Å². The van der Waals surface area contributed by atoms with Crippen molar-refractivity contribution in [2.75, 3.05) is 13.1 Å². The Morgan fingerprint density at radius 1 is 1.00 bits per heavy atom. The second-order valence-electron chi connectivity index (χ2n) is 8.33. The van der Waals surface area contributed by atoms with E-state index in [1.54, 1.807) is 0 Å². The van der Waals surface area contributed by atoms with Crippen LogP contribution in [-0.4, -0.2) is 34.2 Å². The molecule has 0 unspecified atom stereocenters. The Bertz CT molecular complexity index is 692. The average molecular weight is 362 g/mol. The van der Waals surface area contributed by atoms with Gasteiger partial charge in [-0.25, -0.2) is 0 Å². The topological polar surface area (TPSA) is 42.2 Å². The molecule has 1 aromatic heterocycles. The van der Waals surface area contributed by atoms with Crippen LogP contribution in [-0.2, 0) is 5.41 Å². The largest absolute Gasteiger partial charge is 0.334 e. The first kappa shape index (κ1) is 18.4. The van der Waals surface area contributed by atoms with Gasteiger partial charge in [-0.1, -0.05) is 38.1 Å². The van der Waals surface area contributed by atoms with Crippen molar-refractivity contribution in [3.05, 3.63) is 35.7 Å². The molecule has 2 heterocycles. The van der Waals surface area contributed by atoms with Crippen LogP contribution in [0.3, 0.4) is 0 Å². The molecule has 1 aromatic carbocycles. The molecular weight excluding hydrogens is 334 g/mol. The fraction of sp³-hybridized carbons (Fsp3) is 0.600. The average Bonchev–Trinajstić information content (AvgIpc) is 3.31.